The summed E-state index contributed by atoms with van der Waals surface area (Å²) in [6.07, 6.45) is 1.26. The second-order valence-electron chi connectivity index (χ2n) is 5.01. The Labute approximate surface area is 118 Å². The maximum absolute atomic E-state index is 11.7. The highest BCUT2D eigenvalue weighted by molar-refractivity contribution is 8.04. The molecule has 0 spiro atoms. The fourth-order valence-electron chi connectivity index (χ4n) is 1.26. The standard InChI is InChI=1S/C15H18O3S/c1-11(16)13(10-14(17)18-15(2,3)4)19-12-8-6-5-7-9-12/h5-10H,1-4H3. The van der Waals surface area contributed by atoms with Crippen molar-refractivity contribution in [2.75, 3.05) is 0 Å². The first kappa shape index (κ1) is 15.5. The summed E-state index contributed by atoms with van der Waals surface area (Å²) in [6, 6.07) is 9.43. The van der Waals surface area contributed by atoms with Gasteiger partial charge in [0.25, 0.3) is 0 Å². The van der Waals surface area contributed by atoms with Gasteiger partial charge in [0.1, 0.15) is 5.60 Å². The lowest BCUT2D eigenvalue weighted by atomic mass is 10.2. The first-order valence-corrected chi connectivity index (χ1v) is 6.78. The minimum atomic E-state index is -0.563. The lowest BCUT2D eigenvalue weighted by molar-refractivity contribution is -0.148. The molecule has 0 saturated carbocycles. The highest BCUT2D eigenvalue weighted by Crippen LogP contribution is 2.27. The highest BCUT2D eigenvalue weighted by Gasteiger charge is 2.16. The summed E-state index contributed by atoms with van der Waals surface area (Å²) in [5.41, 5.74) is -0.563. The summed E-state index contributed by atoms with van der Waals surface area (Å²) in [7, 11) is 0. The van der Waals surface area contributed by atoms with E-state index in [9.17, 15) is 9.59 Å². The third-order valence-electron chi connectivity index (χ3n) is 1.97. The van der Waals surface area contributed by atoms with Gasteiger partial charge in [-0.25, -0.2) is 4.79 Å². The van der Waals surface area contributed by atoms with Gasteiger partial charge < -0.3 is 4.74 Å². The molecule has 0 aromatic heterocycles. The molecule has 1 rings (SSSR count). The molecule has 0 aliphatic heterocycles. The van der Waals surface area contributed by atoms with Crippen molar-refractivity contribution < 1.29 is 14.3 Å². The molecule has 0 saturated heterocycles. The number of Topliss-reactive ketones (excluding diaryl/α,β-unsaturated/α-hetero) is 1. The van der Waals surface area contributed by atoms with E-state index in [1.54, 1.807) is 20.8 Å². The van der Waals surface area contributed by atoms with Crippen LogP contribution in [0.4, 0.5) is 0 Å². The minimum Gasteiger partial charge on any atom is -0.457 e. The normalized spacial score (nSPS) is 12.1. The molecule has 0 N–H and O–H groups in total. The van der Waals surface area contributed by atoms with E-state index in [0.29, 0.717) is 4.91 Å². The Balaban J connectivity index is 2.84. The van der Waals surface area contributed by atoms with Gasteiger partial charge in [-0.2, -0.15) is 0 Å². The Morgan fingerprint density at radius 3 is 2.21 bits per heavy atom. The van der Waals surface area contributed by atoms with Crippen LogP contribution in [0.1, 0.15) is 27.7 Å². The van der Waals surface area contributed by atoms with Crippen molar-refractivity contribution in [2.24, 2.45) is 0 Å². The van der Waals surface area contributed by atoms with Gasteiger partial charge in [-0.3, -0.25) is 4.79 Å². The Kier molecular flexibility index (Phi) is 5.36. The molecular formula is C15H18O3S. The first-order valence-electron chi connectivity index (χ1n) is 5.96. The maximum atomic E-state index is 11.7. The molecule has 0 amide bonds. The second kappa shape index (κ2) is 6.57. The fraction of sp³-hybridized carbons (Fsp3) is 0.333. The van der Waals surface area contributed by atoms with E-state index in [1.165, 1.54) is 24.8 Å². The Hall–Kier alpha value is -1.55. The largest absolute Gasteiger partial charge is 0.457 e. The molecule has 1 aromatic rings. The average Bonchev–Trinajstić information content (AvgIpc) is 2.26. The van der Waals surface area contributed by atoms with Crippen molar-refractivity contribution >= 4 is 23.5 Å². The van der Waals surface area contributed by atoms with Crippen molar-refractivity contribution in [1.29, 1.82) is 0 Å². The van der Waals surface area contributed by atoms with Crippen LogP contribution in [0.25, 0.3) is 0 Å². The molecule has 19 heavy (non-hydrogen) atoms. The fourth-order valence-corrected chi connectivity index (χ4v) is 2.10. The van der Waals surface area contributed by atoms with E-state index in [0.717, 1.165) is 4.90 Å². The van der Waals surface area contributed by atoms with Gasteiger partial charge in [-0.1, -0.05) is 30.0 Å². The molecule has 0 atom stereocenters. The molecule has 0 unspecified atom stereocenters. The smallest absolute Gasteiger partial charge is 0.332 e. The molecule has 3 nitrogen and oxygen atoms in total. The van der Waals surface area contributed by atoms with Crippen LogP contribution in [-0.4, -0.2) is 17.4 Å². The van der Waals surface area contributed by atoms with Crippen molar-refractivity contribution in [1.82, 2.24) is 0 Å². The molecule has 0 bridgehead atoms. The number of carbonyl (C=O) groups is 2. The number of ether oxygens (including phenoxy) is 1. The van der Waals surface area contributed by atoms with Crippen molar-refractivity contribution in [3.63, 3.8) is 0 Å². The molecule has 0 radical (unpaired) electrons. The van der Waals surface area contributed by atoms with Gasteiger partial charge >= 0.3 is 5.97 Å². The number of allylic oxidation sites excluding steroid dienone is 1. The van der Waals surface area contributed by atoms with Crippen molar-refractivity contribution in [3.05, 3.63) is 41.3 Å². The van der Waals surface area contributed by atoms with Crippen LogP contribution in [0.2, 0.25) is 0 Å². The third-order valence-corrected chi connectivity index (χ3v) is 3.11. The first-order chi connectivity index (χ1) is 8.78. The van der Waals surface area contributed by atoms with Gasteiger partial charge in [0.05, 0.1) is 4.91 Å². The van der Waals surface area contributed by atoms with Crippen LogP contribution < -0.4 is 0 Å². The van der Waals surface area contributed by atoms with E-state index in [2.05, 4.69) is 0 Å². The molecule has 4 heteroatoms. The van der Waals surface area contributed by atoms with Gasteiger partial charge in [0.15, 0.2) is 5.78 Å². The zero-order chi connectivity index (χ0) is 14.5. The van der Waals surface area contributed by atoms with Gasteiger partial charge in [0, 0.05) is 11.0 Å². The van der Waals surface area contributed by atoms with Gasteiger partial charge in [-0.05, 0) is 39.8 Å². The van der Waals surface area contributed by atoms with Gasteiger partial charge in [-0.15, -0.1) is 0 Å². The second-order valence-corrected chi connectivity index (χ2v) is 6.13. The predicted octanol–water partition coefficient (Wildman–Crippen LogP) is 3.59. The number of hydrogen-bond donors (Lipinski definition) is 0. The number of hydrogen-bond acceptors (Lipinski definition) is 4. The number of ketones is 1. The van der Waals surface area contributed by atoms with E-state index in [4.69, 9.17) is 4.74 Å². The number of thioether (sulfide) groups is 1. The summed E-state index contributed by atoms with van der Waals surface area (Å²) >= 11 is 1.26. The lowest BCUT2D eigenvalue weighted by Crippen LogP contribution is -2.23. The summed E-state index contributed by atoms with van der Waals surface area (Å²) in [5.74, 6) is -0.652. The number of carbonyl (C=O) groups excluding carboxylic acids is 2. The minimum absolute atomic E-state index is 0.153. The molecule has 0 aliphatic carbocycles. The van der Waals surface area contributed by atoms with Crippen LogP contribution in [0.5, 0.6) is 0 Å². The lowest BCUT2D eigenvalue weighted by Gasteiger charge is -2.18. The van der Waals surface area contributed by atoms with Gasteiger partial charge in [0.2, 0.25) is 0 Å². The number of rotatable bonds is 4. The van der Waals surface area contributed by atoms with Crippen LogP contribution in [0.15, 0.2) is 46.2 Å². The monoisotopic (exact) mass is 278 g/mol. The van der Waals surface area contributed by atoms with Crippen molar-refractivity contribution in [2.45, 2.75) is 38.2 Å². The maximum Gasteiger partial charge on any atom is 0.332 e. The summed E-state index contributed by atoms with van der Waals surface area (Å²) in [4.78, 5) is 24.5. The molecule has 102 valence electrons. The van der Waals surface area contributed by atoms with E-state index in [-0.39, 0.29) is 5.78 Å². The quantitative estimate of drug-likeness (QED) is 0.479. The molecule has 0 fully saturated rings. The zero-order valence-corrected chi connectivity index (χ0v) is 12.4. The summed E-state index contributed by atoms with van der Waals surface area (Å²) < 4.78 is 5.18. The molecule has 0 heterocycles. The average molecular weight is 278 g/mol. The van der Waals surface area contributed by atoms with E-state index >= 15 is 0 Å². The van der Waals surface area contributed by atoms with Crippen molar-refractivity contribution in [3.8, 4) is 0 Å². The van der Waals surface area contributed by atoms with Crippen LogP contribution in [-0.2, 0) is 14.3 Å². The van der Waals surface area contributed by atoms with Crippen LogP contribution in [0, 0.1) is 0 Å². The highest BCUT2D eigenvalue weighted by atomic mass is 32.2. The SMILES string of the molecule is CC(=O)C(=CC(=O)OC(C)(C)C)Sc1ccccc1. The summed E-state index contributed by atoms with van der Waals surface area (Å²) in [5, 5.41) is 0. The Morgan fingerprint density at radius 2 is 1.74 bits per heavy atom. The Bertz CT molecular complexity index is 484. The van der Waals surface area contributed by atoms with Crippen LogP contribution >= 0.6 is 11.8 Å². The van der Waals surface area contributed by atoms with E-state index in [1.807, 2.05) is 30.3 Å². The molecule has 0 aliphatic rings. The number of esters is 1. The van der Waals surface area contributed by atoms with Crippen LogP contribution in [0.3, 0.4) is 0 Å². The Morgan fingerprint density at radius 1 is 1.16 bits per heavy atom. The molecule has 1 aromatic carbocycles. The third kappa shape index (κ3) is 6.25. The number of benzene rings is 1. The summed E-state index contributed by atoms with van der Waals surface area (Å²) in [6.45, 7) is 6.80. The van der Waals surface area contributed by atoms with E-state index < -0.39 is 11.6 Å². The topological polar surface area (TPSA) is 43.4 Å². The molecular weight excluding hydrogens is 260 g/mol. The predicted molar refractivity (Wildman–Crippen MR) is 76.9 cm³/mol. The zero-order valence-electron chi connectivity index (χ0n) is 11.6.